The second-order valence-corrected chi connectivity index (χ2v) is 14.6. The van der Waals surface area contributed by atoms with E-state index in [-0.39, 0.29) is 29.5 Å². The van der Waals surface area contributed by atoms with Crippen molar-refractivity contribution in [3.05, 3.63) is 12.2 Å². The number of aliphatic hydroxyl groups is 1. The van der Waals surface area contributed by atoms with Gasteiger partial charge in [-0.2, -0.15) is 0 Å². The van der Waals surface area contributed by atoms with Gasteiger partial charge in [0.25, 0.3) is 0 Å². The van der Waals surface area contributed by atoms with Crippen LogP contribution in [0.15, 0.2) is 12.2 Å². The summed E-state index contributed by atoms with van der Waals surface area (Å²) in [6.45, 7) is 11.3. The van der Waals surface area contributed by atoms with Crippen molar-refractivity contribution in [2.75, 3.05) is 0 Å². The van der Waals surface area contributed by atoms with E-state index in [1.165, 1.54) is 0 Å². The van der Waals surface area contributed by atoms with Gasteiger partial charge in [-0.15, -0.1) is 0 Å². The van der Waals surface area contributed by atoms with Gasteiger partial charge < -0.3 is 14.3 Å². The van der Waals surface area contributed by atoms with Crippen LogP contribution in [-0.4, -0.2) is 37.2 Å². The van der Waals surface area contributed by atoms with Gasteiger partial charge in [0.05, 0.1) is 12.5 Å². The molecule has 0 aromatic rings. The first-order valence-corrected chi connectivity index (χ1v) is 12.2. The molecule has 1 unspecified atom stereocenters. The van der Waals surface area contributed by atoms with Gasteiger partial charge in [0.2, 0.25) is 0 Å². The zero-order chi connectivity index (χ0) is 17.5. The summed E-state index contributed by atoms with van der Waals surface area (Å²) in [6.07, 6.45) is 6.15. The van der Waals surface area contributed by atoms with Crippen molar-refractivity contribution in [1.29, 1.82) is 0 Å². The molecule has 0 amide bonds. The fourth-order valence-electron chi connectivity index (χ4n) is 5.35. The van der Waals surface area contributed by atoms with Gasteiger partial charge in [0.15, 0.2) is 8.32 Å². The lowest BCUT2D eigenvalue weighted by Gasteiger charge is -2.51. The fraction of sp³-hybridized carbons (Fsp3) is 0.842. The molecule has 1 N–H and O–H groups in total. The molecule has 1 aliphatic heterocycles. The number of ether oxygens (including phenoxy) is 1. The predicted molar refractivity (Wildman–Crippen MR) is 93.9 cm³/mol. The molecule has 2 bridgehead atoms. The number of esters is 1. The van der Waals surface area contributed by atoms with Gasteiger partial charge in [-0.25, -0.2) is 0 Å². The Bertz CT molecular complexity index is 593. The molecule has 0 aromatic heterocycles. The third-order valence-electron chi connectivity index (χ3n) is 7.48. The van der Waals surface area contributed by atoms with E-state index >= 15 is 0 Å². The minimum absolute atomic E-state index is 0.0898. The summed E-state index contributed by atoms with van der Waals surface area (Å²) in [5.74, 6) is 1.03. The average Bonchev–Trinajstić information content (AvgIpc) is 3.09. The molecule has 3 aliphatic carbocycles. The zero-order valence-electron chi connectivity index (χ0n) is 15.4. The number of hydrogen-bond donors (Lipinski definition) is 1. The Kier molecular flexibility index (Phi) is 3.47. The van der Waals surface area contributed by atoms with Gasteiger partial charge in [0, 0.05) is 12.3 Å². The number of carbonyl (C=O) groups is 1. The molecule has 0 spiro atoms. The first kappa shape index (κ1) is 16.8. The van der Waals surface area contributed by atoms with Crippen molar-refractivity contribution < 1.29 is 19.1 Å². The van der Waals surface area contributed by atoms with Crippen molar-refractivity contribution in [3.63, 3.8) is 0 Å². The van der Waals surface area contributed by atoms with Gasteiger partial charge in [-0.1, -0.05) is 32.9 Å². The molecule has 1 heterocycles. The summed E-state index contributed by atoms with van der Waals surface area (Å²) in [4.78, 5) is 11.9. The maximum Gasteiger partial charge on any atom is 0.309 e. The number of carbonyl (C=O) groups excluding carboxylic acids is 1. The predicted octanol–water partition coefficient (Wildman–Crippen LogP) is 3.27. The van der Waals surface area contributed by atoms with Crippen LogP contribution in [0.25, 0.3) is 0 Å². The lowest BCUT2D eigenvalue weighted by Crippen LogP contribution is -2.60. The highest BCUT2D eigenvalue weighted by atomic mass is 28.4. The van der Waals surface area contributed by atoms with E-state index in [0.717, 1.165) is 6.42 Å². The van der Waals surface area contributed by atoms with Crippen LogP contribution in [-0.2, 0) is 14.0 Å². The Morgan fingerprint density at radius 3 is 2.58 bits per heavy atom. The smallest absolute Gasteiger partial charge is 0.309 e. The largest absolute Gasteiger partial charge is 0.459 e. The van der Waals surface area contributed by atoms with Crippen LogP contribution in [0.1, 0.15) is 40.0 Å². The highest BCUT2D eigenvalue weighted by Gasteiger charge is 2.67. The van der Waals surface area contributed by atoms with Crippen molar-refractivity contribution in [3.8, 4) is 0 Å². The Labute approximate surface area is 145 Å². The highest BCUT2D eigenvalue weighted by molar-refractivity contribution is 6.74. The third kappa shape index (κ3) is 2.20. The summed E-state index contributed by atoms with van der Waals surface area (Å²) in [5.41, 5.74) is -0.987. The molecule has 4 rings (SSSR count). The second kappa shape index (κ2) is 4.95. The molecule has 2 saturated carbocycles. The van der Waals surface area contributed by atoms with Crippen molar-refractivity contribution in [1.82, 2.24) is 0 Å². The van der Waals surface area contributed by atoms with Crippen LogP contribution in [0.5, 0.6) is 0 Å². The molecular weight excluding hydrogens is 320 g/mol. The Hall–Kier alpha value is -0.653. The molecule has 5 heteroatoms. The van der Waals surface area contributed by atoms with E-state index < -0.39 is 20.0 Å². The zero-order valence-corrected chi connectivity index (χ0v) is 16.4. The summed E-state index contributed by atoms with van der Waals surface area (Å²) in [7, 11) is -1.91. The van der Waals surface area contributed by atoms with Crippen LogP contribution < -0.4 is 0 Å². The van der Waals surface area contributed by atoms with Crippen molar-refractivity contribution in [2.24, 2.45) is 23.7 Å². The second-order valence-electron chi connectivity index (χ2n) is 9.85. The van der Waals surface area contributed by atoms with Crippen LogP contribution in [0, 0.1) is 23.7 Å². The van der Waals surface area contributed by atoms with E-state index in [9.17, 15) is 9.90 Å². The van der Waals surface area contributed by atoms with E-state index in [4.69, 9.17) is 9.16 Å². The molecule has 4 aliphatic rings. The lowest BCUT2D eigenvalue weighted by atomic mass is 9.62. The number of fused-ring (bicyclic) bond motifs is 7. The topological polar surface area (TPSA) is 55.8 Å². The van der Waals surface area contributed by atoms with Crippen molar-refractivity contribution in [2.45, 2.75) is 76.0 Å². The number of allylic oxidation sites excluding steroid dienone is 2. The Morgan fingerprint density at radius 2 is 1.92 bits per heavy atom. The van der Waals surface area contributed by atoms with Gasteiger partial charge in [-0.05, 0) is 42.3 Å². The normalized spacial score (nSPS) is 46.8. The molecule has 134 valence electrons. The molecule has 0 radical (unpaired) electrons. The lowest BCUT2D eigenvalue weighted by molar-refractivity contribution is -0.164. The minimum Gasteiger partial charge on any atom is -0.459 e. The maximum atomic E-state index is 11.9. The molecule has 24 heavy (non-hydrogen) atoms. The molecule has 3 fully saturated rings. The van der Waals surface area contributed by atoms with Gasteiger partial charge >= 0.3 is 5.97 Å². The van der Waals surface area contributed by atoms with E-state index in [2.05, 4.69) is 46.0 Å². The summed E-state index contributed by atoms with van der Waals surface area (Å²) in [5, 5.41) is 11.5. The first-order chi connectivity index (χ1) is 11.0. The van der Waals surface area contributed by atoms with Gasteiger partial charge in [0.1, 0.15) is 11.7 Å². The van der Waals surface area contributed by atoms with Crippen LogP contribution in [0.2, 0.25) is 18.1 Å². The average molecular weight is 351 g/mol. The quantitative estimate of drug-likeness (QED) is 0.472. The van der Waals surface area contributed by atoms with Crippen LogP contribution in [0.4, 0.5) is 0 Å². The minimum atomic E-state index is -1.91. The standard InChI is InChI=1S/C19H30O4Si/c1-18(2,3)24(4,5)23-13-9-14-19(21,10-15(20)22-14)17-12-7-6-11(8-12)16(13)17/h6-7,11-14,16-17,21H,8-10H2,1-5H3/t11-,12+,13?,14+,16+,17+,19-/m1/s1. The summed E-state index contributed by atoms with van der Waals surface area (Å²) >= 11 is 0. The SMILES string of the molecule is CC(C)(C)[Si](C)(C)OC1C[C@@H]2OC(=O)C[C@]2(O)[C@@H]2[C@H]1[C@@H]1C=C[C@H]2C1. The van der Waals surface area contributed by atoms with Crippen LogP contribution >= 0.6 is 0 Å². The molecule has 1 saturated heterocycles. The van der Waals surface area contributed by atoms with Crippen molar-refractivity contribution >= 4 is 14.3 Å². The monoisotopic (exact) mass is 350 g/mol. The molecule has 7 atom stereocenters. The maximum absolute atomic E-state index is 11.9. The number of hydrogen-bond acceptors (Lipinski definition) is 4. The molecule has 0 aromatic carbocycles. The molecular formula is C19H30O4Si. The first-order valence-electron chi connectivity index (χ1n) is 9.31. The van der Waals surface area contributed by atoms with E-state index in [1.807, 2.05) is 0 Å². The van der Waals surface area contributed by atoms with Gasteiger partial charge in [-0.3, -0.25) is 4.79 Å². The van der Waals surface area contributed by atoms with E-state index in [0.29, 0.717) is 24.2 Å². The Balaban J connectivity index is 1.67. The fourth-order valence-corrected chi connectivity index (χ4v) is 6.72. The Morgan fingerprint density at radius 1 is 1.25 bits per heavy atom. The summed E-state index contributed by atoms with van der Waals surface area (Å²) < 4.78 is 12.3. The summed E-state index contributed by atoms with van der Waals surface area (Å²) in [6, 6.07) is 0. The highest BCUT2D eigenvalue weighted by Crippen LogP contribution is 2.61. The molecule has 4 nitrogen and oxygen atoms in total. The van der Waals surface area contributed by atoms with E-state index in [1.54, 1.807) is 0 Å². The number of rotatable bonds is 2. The van der Waals surface area contributed by atoms with Crippen LogP contribution in [0.3, 0.4) is 0 Å². The third-order valence-corrected chi connectivity index (χ3v) is 12.0.